The van der Waals surface area contributed by atoms with Crippen LogP contribution in [0.15, 0.2) is 24.3 Å². The van der Waals surface area contributed by atoms with E-state index in [0.717, 1.165) is 11.3 Å². The maximum atomic E-state index is 12.7. The Balaban J connectivity index is 1.81. The number of aromatic amines is 1. The number of non-ortho nitro benzene ring substituents is 1. The van der Waals surface area contributed by atoms with Crippen LogP contribution >= 0.6 is 11.3 Å². The van der Waals surface area contributed by atoms with Gasteiger partial charge in [-0.3, -0.25) is 19.7 Å². The lowest BCUT2D eigenvalue weighted by Gasteiger charge is -2.11. The van der Waals surface area contributed by atoms with Crippen LogP contribution in [-0.4, -0.2) is 33.5 Å². The van der Waals surface area contributed by atoms with Crippen molar-refractivity contribution in [2.24, 2.45) is 0 Å². The summed E-state index contributed by atoms with van der Waals surface area (Å²) < 4.78 is 6.01. The molecule has 0 fully saturated rings. The van der Waals surface area contributed by atoms with Gasteiger partial charge in [0, 0.05) is 33.5 Å². The van der Waals surface area contributed by atoms with Crippen molar-refractivity contribution in [3.8, 4) is 0 Å². The highest BCUT2D eigenvalue weighted by atomic mass is 32.1. The monoisotopic (exact) mass is 414 g/mol. The average Bonchev–Trinajstić information content (AvgIpc) is 3.20. The summed E-state index contributed by atoms with van der Waals surface area (Å²) in [6.45, 7) is 6.25. The number of nitrogens with zero attached hydrogens (tertiary/aromatic N) is 1. The van der Waals surface area contributed by atoms with Crippen LogP contribution < -0.4 is 0 Å². The van der Waals surface area contributed by atoms with Crippen molar-refractivity contribution in [1.29, 1.82) is 0 Å². The number of thiophene rings is 1. The molecule has 0 aliphatic heterocycles. The van der Waals surface area contributed by atoms with Gasteiger partial charge in [0.25, 0.3) is 5.69 Å². The van der Waals surface area contributed by atoms with Crippen molar-refractivity contribution < 1.29 is 24.0 Å². The van der Waals surface area contributed by atoms with E-state index in [9.17, 15) is 24.5 Å². The average molecular weight is 414 g/mol. The Morgan fingerprint density at radius 3 is 2.48 bits per heavy atom. The number of esters is 1. The molecule has 8 nitrogen and oxygen atoms in total. The number of aromatic nitrogens is 1. The van der Waals surface area contributed by atoms with Crippen LogP contribution in [0.4, 0.5) is 5.69 Å². The third-order valence-electron chi connectivity index (χ3n) is 4.60. The van der Waals surface area contributed by atoms with Gasteiger partial charge in [-0.2, -0.15) is 0 Å². The van der Waals surface area contributed by atoms with Gasteiger partial charge in [-0.1, -0.05) is 0 Å². The number of hydrogen-bond donors (Lipinski definition) is 1. The molecule has 150 valence electrons. The van der Waals surface area contributed by atoms with Crippen LogP contribution in [0.2, 0.25) is 0 Å². The number of nitro groups is 1. The standard InChI is InChI=1S/C20H18N2O6S/c1-9-17(11(3)23)10(2)21-18(9)19(24)12(4)28-20(25)16-8-13-7-14(22(26)27)5-6-15(13)29-16/h5-8,12,21H,1-4H3/t12-/m0/s1. The molecule has 9 heteroatoms. The lowest BCUT2D eigenvalue weighted by molar-refractivity contribution is -0.384. The maximum absolute atomic E-state index is 12.7. The minimum atomic E-state index is -1.07. The molecule has 1 atom stereocenters. The summed E-state index contributed by atoms with van der Waals surface area (Å²) in [4.78, 5) is 50.5. The molecule has 0 radical (unpaired) electrons. The summed E-state index contributed by atoms with van der Waals surface area (Å²) in [5.74, 6) is -1.29. The SMILES string of the molecule is CC(=O)c1c(C)[nH]c(C(=O)[C@H](C)OC(=O)c2cc3cc([N+](=O)[O-])ccc3s2)c1C. The predicted octanol–water partition coefficient (Wildman–Crippen LogP) is 4.39. The summed E-state index contributed by atoms with van der Waals surface area (Å²) >= 11 is 1.13. The number of hydrogen-bond acceptors (Lipinski definition) is 7. The predicted molar refractivity (Wildman–Crippen MR) is 108 cm³/mol. The van der Waals surface area contributed by atoms with Crippen molar-refractivity contribution in [2.75, 3.05) is 0 Å². The summed E-state index contributed by atoms with van der Waals surface area (Å²) in [6, 6.07) is 5.82. The second-order valence-corrected chi connectivity index (χ2v) is 7.77. The fraction of sp³-hybridized carbons (Fsp3) is 0.250. The molecular formula is C20H18N2O6S. The lowest BCUT2D eigenvalue weighted by atomic mass is 10.0. The molecule has 3 rings (SSSR count). The number of ketones is 2. The first kappa shape index (κ1) is 20.4. The maximum Gasteiger partial charge on any atom is 0.349 e. The first-order valence-corrected chi connectivity index (χ1v) is 9.55. The zero-order valence-electron chi connectivity index (χ0n) is 16.2. The number of Topliss-reactive ketones (excluding diaryl/α,β-unsaturated/α-hetero) is 2. The molecular weight excluding hydrogens is 396 g/mol. The van der Waals surface area contributed by atoms with Gasteiger partial charge in [0.1, 0.15) is 4.88 Å². The molecule has 0 aliphatic carbocycles. The molecule has 0 spiro atoms. The minimum absolute atomic E-state index is 0.0716. The molecule has 1 N–H and O–H groups in total. The minimum Gasteiger partial charge on any atom is -0.450 e. The fourth-order valence-corrected chi connectivity index (χ4v) is 4.17. The Labute approximate surface area is 169 Å². The Hall–Kier alpha value is -3.33. The van der Waals surface area contributed by atoms with Crippen molar-refractivity contribution in [3.63, 3.8) is 0 Å². The molecule has 2 aromatic heterocycles. The molecule has 29 heavy (non-hydrogen) atoms. The first-order valence-electron chi connectivity index (χ1n) is 8.73. The van der Waals surface area contributed by atoms with E-state index in [-0.39, 0.29) is 22.0 Å². The molecule has 0 unspecified atom stereocenters. The summed E-state index contributed by atoms with van der Waals surface area (Å²) in [6.07, 6.45) is -1.07. The highest BCUT2D eigenvalue weighted by molar-refractivity contribution is 7.20. The lowest BCUT2D eigenvalue weighted by Crippen LogP contribution is -2.25. The molecule has 3 aromatic rings. The second kappa shape index (κ2) is 7.59. The van der Waals surface area contributed by atoms with Crippen LogP contribution in [0.25, 0.3) is 10.1 Å². The number of rotatable bonds is 6. The molecule has 2 heterocycles. The van der Waals surface area contributed by atoms with Gasteiger partial charge in [-0.05, 0) is 45.4 Å². The van der Waals surface area contributed by atoms with Crippen LogP contribution in [-0.2, 0) is 4.74 Å². The van der Waals surface area contributed by atoms with Gasteiger partial charge >= 0.3 is 5.97 Å². The second-order valence-electron chi connectivity index (χ2n) is 6.68. The Kier molecular flexibility index (Phi) is 5.34. The Bertz CT molecular complexity index is 1170. The number of aryl methyl sites for hydroxylation is 1. The fourth-order valence-electron chi connectivity index (χ4n) is 3.24. The van der Waals surface area contributed by atoms with E-state index >= 15 is 0 Å². The van der Waals surface area contributed by atoms with Crippen LogP contribution in [0, 0.1) is 24.0 Å². The van der Waals surface area contributed by atoms with E-state index in [0.29, 0.717) is 26.9 Å². The van der Waals surface area contributed by atoms with E-state index in [2.05, 4.69) is 4.98 Å². The first-order chi connectivity index (χ1) is 13.6. The van der Waals surface area contributed by atoms with E-state index in [4.69, 9.17) is 4.74 Å². The zero-order chi connectivity index (χ0) is 21.5. The zero-order valence-corrected chi connectivity index (χ0v) is 17.0. The highest BCUT2D eigenvalue weighted by Crippen LogP contribution is 2.30. The molecule has 0 saturated heterocycles. The van der Waals surface area contributed by atoms with Gasteiger partial charge in [-0.25, -0.2) is 4.79 Å². The number of ether oxygens (including phenoxy) is 1. The highest BCUT2D eigenvalue weighted by Gasteiger charge is 2.27. The Morgan fingerprint density at radius 1 is 1.21 bits per heavy atom. The summed E-state index contributed by atoms with van der Waals surface area (Å²) in [5.41, 5.74) is 1.73. The number of nitro benzene ring substituents is 1. The quantitative estimate of drug-likeness (QED) is 0.277. The third kappa shape index (κ3) is 3.81. The van der Waals surface area contributed by atoms with Crippen LogP contribution in [0.3, 0.4) is 0 Å². The summed E-state index contributed by atoms with van der Waals surface area (Å²) in [7, 11) is 0. The number of fused-ring (bicyclic) bond motifs is 1. The van der Waals surface area contributed by atoms with Gasteiger partial charge < -0.3 is 9.72 Å². The van der Waals surface area contributed by atoms with Gasteiger partial charge in [0.2, 0.25) is 5.78 Å². The third-order valence-corrected chi connectivity index (χ3v) is 5.70. The number of carbonyl (C=O) groups is 3. The Morgan fingerprint density at radius 2 is 1.90 bits per heavy atom. The molecule has 0 bridgehead atoms. The number of carbonyl (C=O) groups excluding carboxylic acids is 3. The van der Waals surface area contributed by atoms with E-state index in [1.807, 2.05) is 0 Å². The number of H-pyrrole nitrogens is 1. The van der Waals surface area contributed by atoms with Gasteiger partial charge in [0.05, 0.1) is 10.6 Å². The van der Waals surface area contributed by atoms with Crippen molar-refractivity contribution in [2.45, 2.75) is 33.8 Å². The van der Waals surface area contributed by atoms with Gasteiger partial charge in [-0.15, -0.1) is 11.3 Å². The number of benzene rings is 1. The van der Waals surface area contributed by atoms with Crippen LogP contribution in [0.5, 0.6) is 0 Å². The largest absolute Gasteiger partial charge is 0.450 e. The van der Waals surface area contributed by atoms with E-state index in [1.54, 1.807) is 19.9 Å². The van der Waals surface area contributed by atoms with Crippen molar-refractivity contribution >= 4 is 44.6 Å². The van der Waals surface area contributed by atoms with E-state index in [1.165, 1.54) is 32.0 Å². The van der Waals surface area contributed by atoms with Crippen molar-refractivity contribution in [1.82, 2.24) is 4.98 Å². The van der Waals surface area contributed by atoms with Crippen LogP contribution in [0.1, 0.15) is 55.6 Å². The van der Waals surface area contributed by atoms with E-state index < -0.39 is 22.8 Å². The smallest absolute Gasteiger partial charge is 0.349 e. The summed E-state index contributed by atoms with van der Waals surface area (Å²) in [5, 5.41) is 11.4. The molecule has 0 saturated carbocycles. The topological polar surface area (TPSA) is 119 Å². The van der Waals surface area contributed by atoms with Gasteiger partial charge in [0.15, 0.2) is 11.9 Å². The van der Waals surface area contributed by atoms with Crippen molar-refractivity contribution in [3.05, 3.63) is 61.8 Å². The molecule has 1 aromatic carbocycles. The normalized spacial score (nSPS) is 12.0. The molecule has 0 aliphatic rings. The number of nitrogens with one attached hydrogen (secondary N) is 1. The molecule has 0 amide bonds.